The molecule has 40 heavy (non-hydrogen) atoms. The number of carbonyl (C=O) groups excluding carboxylic acids is 3. The normalized spacial score (nSPS) is 14.0. The average Bonchev–Trinajstić information content (AvgIpc) is 2.98. The number of nitrogens with one attached hydrogen (secondary N) is 2. The Morgan fingerprint density at radius 3 is 2.30 bits per heavy atom. The molecule has 3 aromatic carbocycles. The number of hydrogen-bond donors (Lipinski definition) is 2. The summed E-state index contributed by atoms with van der Waals surface area (Å²) in [7, 11) is 1.43. The summed E-state index contributed by atoms with van der Waals surface area (Å²) in [5, 5.41) is 5.65. The van der Waals surface area contributed by atoms with Crippen molar-refractivity contribution in [2.75, 3.05) is 50.1 Å². The minimum atomic E-state index is -0.344. The molecule has 0 radical (unpaired) electrons. The molecule has 2 N–H and O–H groups in total. The van der Waals surface area contributed by atoms with Crippen molar-refractivity contribution in [3.05, 3.63) is 95.3 Å². The summed E-state index contributed by atoms with van der Waals surface area (Å²) in [4.78, 5) is 42.8. The van der Waals surface area contributed by atoms with Gasteiger partial charge in [0.1, 0.15) is 12.4 Å². The molecule has 1 aliphatic heterocycles. The highest BCUT2D eigenvalue weighted by atomic mass is 19.1. The van der Waals surface area contributed by atoms with Gasteiger partial charge in [-0.25, -0.2) is 4.39 Å². The van der Waals surface area contributed by atoms with Crippen molar-refractivity contribution in [2.45, 2.75) is 25.8 Å². The van der Waals surface area contributed by atoms with Crippen molar-refractivity contribution in [1.29, 1.82) is 0 Å². The van der Waals surface area contributed by atoms with Gasteiger partial charge in [-0.15, -0.1) is 0 Å². The molecule has 3 aromatic rings. The molecule has 1 fully saturated rings. The van der Waals surface area contributed by atoms with Crippen molar-refractivity contribution in [3.63, 3.8) is 0 Å². The fourth-order valence-corrected chi connectivity index (χ4v) is 4.91. The number of methoxy groups -OCH3 is 1. The second kappa shape index (κ2) is 13.7. The van der Waals surface area contributed by atoms with Gasteiger partial charge in [0, 0.05) is 51.2 Å². The Morgan fingerprint density at radius 2 is 1.65 bits per heavy atom. The molecule has 0 aromatic heterocycles. The van der Waals surface area contributed by atoms with Crippen molar-refractivity contribution < 1.29 is 23.5 Å². The summed E-state index contributed by atoms with van der Waals surface area (Å²) in [6, 6.07) is 21.0. The lowest BCUT2D eigenvalue weighted by molar-refractivity contribution is -0.133. The van der Waals surface area contributed by atoms with Gasteiger partial charge in [0.05, 0.1) is 11.5 Å². The van der Waals surface area contributed by atoms with Gasteiger partial charge < -0.3 is 25.2 Å². The number of hydrogen-bond acceptors (Lipinski definition) is 5. The minimum Gasteiger partial charge on any atom is -0.375 e. The van der Waals surface area contributed by atoms with Crippen LogP contribution in [0.25, 0.3) is 0 Å². The fourth-order valence-electron chi connectivity index (χ4n) is 4.91. The molecule has 0 spiro atoms. The third-order valence-electron chi connectivity index (χ3n) is 7.01. The number of nitrogens with zero attached hydrogens (tertiary/aromatic N) is 2. The quantitative estimate of drug-likeness (QED) is 0.398. The van der Waals surface area contributed by atoms with Gasteiger partial charge >= 0.3 is 0 Å². The average molecular weight is 547 g/mol. The van der Waals surface area contributed by atoms with Gasteiger partial charge in [0.2, 0.25) is 11.8 Å². The molecular weight excluding hydrogens is 511 g/mol. The Labute approximate surface area is 234 Å². The number of ether oxygens (including phenoxy) is 1. The maximum atomic E-state index is 13.4. The first kappa shape index (κ1) is 28.8. The van der Waals surface area contributed by atoms with E-state index in [-0.39, 0.29) is 42.6 Å². The second-order valence-corrected chi connectivity index (χ2v) is 9.71. The molecule has 1 atom stereocenters. The summed E-state index contributed by atoms with van der Waals surface area (Å²) in [5.74, 6) is -1.07. The fraction of sp³-hybridized carbons (Fsp3) is 0.323. The lowest BCUT2D eigenvalue weighted by atomic mass is 9.94. The number of carbonyl (C=O) groups is 3. The van der Waals surface area contributed by atoms with Gasteiger partial charge in [0.25, 0.3) is 5.91 Å². The highest BCUT2D eigenvalue weighted by Gasteiger charge is 2.29. The molecule has 1 saturated heterocycles. The molecule has 1 unspecified atom stereocenters. The van der Waals surface area contributed by atoms with Gasteiger partial charge in [-0.2, -0.15) is 0 Å². The standard InChI is InChI=1S/C31H35FN4O4/c1-3-26(23-7-5-4-6-8-23)31(39)36-17-15-35(16-18-36)28-14-13-25(34-29(37)21-40-2)19-27(28)30(38)33-20-22-9-11-24(32)12-10-22/h4-14,19,26H,3,15-18,20-21H2,1-2H3,(H,33,38)(H,34,37). The summed E-state index contributed by atoms with van der Waals surface area (Å²) in [6.07, 6.45) is 0.720. The van der Waals surface area contributed by atoms with Crippen LogP contribution in [0.1, 0.15) is 40.7 Å². The highest BCUT2D eigenvalue weighted by Crippen LogP contribution is 2.28. The van der Waals surface area contributed by atoms with E-state index >= 15 is 0 Å². The molecule has 0 aliphatic carbocycles. The van der Waals surface area contributed by atoms with Crippen LogP contribution >= 0.6 is 0 Å². The van der Waals surface area contributed by atoms with E-state index in [1.54, 1.807) is 24.3 Å². The summed E-state index contributed by atoms with van der Waals surface area (Å²) in [5.41, 5.74) is 3.36. The lowest BCUT2D eigenvalue weighted by Gasteiger charge is -2.38. The predicted molar refractivity (Wildman–Crippen MR) is 153 cm³/mol. The summed E-state index contributed by atoms with van der Waals surface area (Å²) < 4.78 is 18.2. The first-order chi connectivity index (χ1) is 19.4. The first-order valence-corrected chi connectivity index (χ1v) is 13.4. The van der Waals surface area contributed by atoms with Crippen molar-refractivity contribution in [2.24, 2.45) is 0 Å². The monoisotopic (exact) mass is 546 g/mol. The number of halogens is 1. The first-order valence-electron chi connectivity index (χ1n) is 13.4. The highest BCUT2D eigenvalue weighted by molar-refractivity contribution is 6.02. The Kier molecular flexibility index (Phi) is 9.86. The van der Waals surface area contributed by atoms with E-state index in [1.165, 1.54) is 19.2 Å². The van der Waals surface area contributed by atoms with E-state index in [0.717, 1.165) is 17.5 Å². The van der Waals surface area contributed by atoms with Crippen LogP contribution in [-0.2, 0) is 20.9 Å². The van der Waals surface area contributed by atoms with Gasteiger partial charge in [-0.1, -0.05) is 49.4 Å². The zero-order valence-corrected chi connectivity index (χ0v) is 22.9. The van der Waals surface area contributed by atoms with Crippen LogP contribution in [0.3, 0.4) is 0 Å². The minimum absolute atomic E-state index is 0.106. The lowest BCUT2D eigenvalue weighted by Crippen LogP contribution is -2.50. The largest absolute Gasteiger partial charge is 0.375 e. The smallest absolute Gasteiger partial charge is 0.253 e. The zero-order valence-electron chi connectivity index (χ0n) is 22.9. The van der Waals surface area contributed by atoms with Crippen LogP contribution < -0.4 is 15.5 Å². The maximum absolute atomic E-state index is 13.4. The predicted octanol–water partition coefficient (Wildman–Crippen LogP) is 4.18. The SMILES string of the molecule is CCC(C(=O)N1CCN(c2ccc(NC(=O)COC)cc2C(=O)NCc2ccc(F)cc2)CC1)c1ccccc1. The van der Waals surface area contributed by atoms with Crippen LogP contribution in [0.4, 0.5) is 15.8 Å². The number of amides is 3. The molecule has 0 saturated carbocycles. The molecule has 210 valence electrons. The molecule has 8 nitrogen and oxygen atoms in total. The van der Waals surface area contributed by atoms with Crippen molar-refractivity contribution in [3.8, 4) is 0 Å². The third-order valence-corrected chi connectivity index (χ3v) is 7.01. The molecular formula is C31H35FN4O4. The molecule has 4 rings (SSSR count). The molecule has 3 amide bonds. The maximum Gasteiger partial charge on any atom is 0.253 e. The summed E-state index contributed by atoms with van der Waals surface area (Å²) >= 11 is 0. The van der Waals surface area contributed by atoms with Crippen LogP contribution in [0.5, 0.6) is 0 Å². The van der Waals surface area contributed by atoms with Crippen molar-refractivity contribution >= 4 is 29.1 Å². The zero-order chi connectivity index (χ0) is 28.5. The molecule has 1 heterocycles. The Bertz CT molecular complexity index is 1310. The Balaban J connectivity index is 1.49. The molecule has 9 heteroatoms. The number of piperazine rings is 1. The number of benzene rings is 3. The Hall–Kier alpha value is -4.24. The van der Waals surface area contributed by atoms with E-state index in [9.17, 15) is 18.8 Å². The van der Waals surface area contributed by atoms with E-state index in [1.807, 2.05) is 48.2 Å². The number of rotatable bonds is 10. The van der Waals surface area contributed by atoms with Gasteiger partial charge in [-0.05, 0) is 47.9 Å². The van der Waals surface area contributed by atoms with E-state index < -0.39 is 0 Å². The van der Waals surface area contributed by atoms with Crippen LogP contribution in [0.2, 0.25) is 0 Å². The topological polar surface area (TPSA) is 91.0 Å². The van der Waals surface area contributed by atoms with Crippen molar-refractivity contribution in [1.82, 2.24) is 10.2 Å². The van der Waals surface area contributed by atoms with Gasteiger partial charge in [-0.3, -0.25) is 14.4 Å². The van der Waals surface area contributed by atoms with Crippen LogP contribution in [0, 0.1) is 5.82 Å². The van der Waals surface area contributed by atoms with E-state index in [2.05, 4.69) is 15.5 Å². The Morgan fingerprint density at radius 1 is 0.950 bits per heavy atom. The van der Waals surface area contributed by atoms with Crippen LogP contribution in [0.15, 0.2) is 72.8 Å². The number of anilines is 2. The van der Waals surface area contributed by atoms with Crippen LogP contribution in [-0.4, -0.2) is 62.5 Å². The molecule has 1 aliphatic rings. The van der Waals surface area contributed by atoms with E-state index in [0.29, 0.717) is 43.1 Å². The second-order valence-electron chi connectivity index (χ2n) is 9.71. The summed E-state index contributed by atoms with van der Waals surface area (Å²) in [6.45, 7) is 4.33. The molecule has 0 bridgehead atoms. The third kappa shape index (κ3) is 7.24. The van der Waals surface area contributed by atoms with E-state index in [4.69, 9.17) is 4.74 Å². The van der Waals surface area contributed by atoms with Gasteiger partial charge in [0.15, 0.2) is 0 Å².